The van der Waals surface area contributed by atoms with Gasteiger partial charge in [-0.1, -0.05) is 0 Å². The lowest BCUT2D eigenvalue weighted by atomic mass is 10.3. The Morgan fingerprint density at radius 3 is 2.73 bits per heavy atom. The van der Waals surface area contributed by atoms with Crippen LogP contribution in [0.5, 0.6) is 0 Å². The molecule has 1 heterocycles. The Kier molecular flexibility index (Phi) is 2.09. The van der Waals surface area contributed by atoms with Crippen molar-refractivity contribution in [1.82, 2.24) is 4.90 Å². The number of nitrogens with zero attached hydrogens (tertiary/aromatic N) is 1. The highest BCUT2D eigenvalue weighted by Crippen LogP contribution is 2.08. The summed E-state index contributed by atoms with van der Waals surface area (Å²) in [5.74, 6) is -0.312. The van der Waals surface area contributed by atoms with E-state index in [1.807, 2.05) is 0 Å². The molecule has 0 radical (unpaired) electrons. The minimum Gasteiger partial charge on any atom is -0.439 e. The number of imide groups is 1. The van der Waals surface area contributed by atoms with E-state index in [1.54, 1.807) is 6.92 Å². The molecule has 1 rings (SSSR count). The highest BCUT2D eigenvalue weighted by atomic mass is 16.6. The minimum absolute atomic E-state index is 0.150. The number of ether oxygens (including phenoxy) is 1. The molecule has 0 aromatic rings. The van der Waals surface area contributed by atoms with Gasteiger partial charge >= 0.3 is 6.09 Å². The molecular formula is C6H10N2O3. The molecular weight excluding hydrogens is 148 g/mol. The summed E-state index contributed by atoms with van der Waals surface area (Å²) in [4.78, 5) is 22.8. The van der Waals surface area contributed by atoms with Crippen LogP contribution in [0.25, 0.3) is 0 Å². The molecule has 1 unspecified atom stereocenters. The Labute approximate surface area is 64.1 Å². The van der Waals surface area contributed by atoms with E-state index in [9.17, 15) is 9.59 Å². The third-order valence-corrected chi connectivity index (χ3v) is 1.57. The Balaban J connectivity index is 2.68. The summed E-state index contributed by atoms with van der Waals surface area (Å²) in [6.07, 6.45) is -0.590. The van der Waals surface area contributed by atoms with Gasteiger partial charge in [-0.3, -0.25) is 4.79 Å². The molecule has 0 spiro atoms. The van der Waals surface area contributed by atoms with Gasteiger partial charge in [0.2, 0.25) is 0 Å². The molecule has 11 heavy (non-hydrogen) atoms. The lowest BCUT2D eigenvalue weighted by molar-refractivity contribution is -0.127. The summed E-state index contributed by atoms with van der Waals surface area (Å²) >= 11 is 0. The maximum atomic E-state index is 10.9. The number of cyclic esters (lactones) is 1. The van der Waals surface area contributed by atoms with Crippen molar-refractivity contribution in [3.8, 4) is 0 Å². The van der Waals surface area contributed by atoms with E-state index in [0.29, 0.717) is 0 Å². The van der Waals surface area contributed by atoms with Crippen LogP contribution >= 0.6 is 0 Å². The molecule has 1 saturated heterocycles. The summed E-state index contributed by atoms with van der Waals surface area (Å²) in [5.41, 5.74) is 5.27. The third-order valence-electron chi connectivity index (χ3n) is 1.57. The molecule has 5 nitrogen and oxygen atoms in total. The van der Waals surface area contributed by atoms with Crippen molar-refractivity contribution in [3.63, 3.8) is 0 Å². The van der Waals surface area contributed by atoms with E-state index in [0.717, 1.165) is 4.90 Å². The number of carbonyl (C=O) groups is 2. The number of hydrogen-bond donors (Lipinski definition) is 1. The first kappa shape index (κ1) is 8.00. The highest BCUT2D eigenvalue weighted by Gasteiger charge is 2.34. The van der Waals surface area contributed by atoms with Gasteiger partial charge in [-0.15, -0.1) is 0 Å². The number of amides is 2. The van der Waals surface area contributed by atoms with Crippen molar-refractivity contribution < 1.29 is 14.3 Å². The molecule has 1 aliphatic heterocycles. The third kappa shape index (κ3) is 1.32. The average Bonchev–Trinajstić information content (AvgIpc) is 2.30. The van der Waals surface area contributed by atoms with Crippen LogP contribution in [-0.2, 0) is 9.53 Å². The molecule has 62 valence electrons. The van der Waals surface area contributed by atoms with Gasteiger partial charge in [0.05, 0.1) is 6.04 Å². The normalized spacial score (nSPS) is 20.4. The Morgan fingerprint density at radius 2 is 2.36 bits per heavy atom. The lowest BCUT2D eigenvalue weighted by Gasteiger charge is -2.17. The van der Waals surface area contributed by atoms with Crippen LogP contribution in [0.3, 0.4) is 0 Å². The summed E-state index contributed by atoms with van der Waals surface area (Å²) in [6, 6.07) is -0.266. The van der Waals surface area contributed by atoms with Crippen LogP contribution in [0, 0.1) is 0 Å². The van der Waals surface area contributed by atoms with Crippen LogP contribution in [0.2, 0.25) is 0 Å². The standard InChI is InChI=1S/C6H10N2O3/c1-4(2-7)8-5(9)3-11-6(8)10/h4H,2-3,7H2,1H3. The van der Waals surface area contributed by atoms with Crippen molar-refractivity contribution in [2.24, 2.45) is 5.73 Å². The highest BCUT2D eigenvalue weighted by molar-refractivity contribution is 5.98. The maximum Gasteiger partial charge on any atom is 0.417 e. The lowest BCUT2D eigenvalue weighted by Crippen LogP contribution is -2.41. The number of hydrogen-bond acceptors (Lipinski definition) is 4. The number of carbonyl (C=O) groups excluding carboxylic acids is 2. The minimum atomic E-state index is -0.590. The van der Waals surface area contributed by atoms with Crippen LogP contribution in [-0.4, -0.2) is 36.1 Å². The van der Waals surface area contributed by atoms with E-state index in [2.05, 4.69) is 4.74 Å². The van der Waals surface area contributed by atoms with Crippen molar-refractivity contribution in [3.05, 3.63) is 0 Å². The molecule has 5 heteroatoms. The fourth-order valence-corrected chi connectivity index (χ4v) is 0.896. The fourth-order valence-electron chi connectivity index (χ4n) is 0.896. The first-order chi connectivity index (χ1) is 5.16. The van der Waals surface area contributed by atoms with Crippen molar-refractivity contribution >= 4 is 12.0 Å². The zero-order valence-electron chi connectivity index (χ0n) is 6.24. The summed E-state index contributed by atoms with van der Waals surface area (Å²) in [5, 5.41) is 0. The first-order valence-corrected chi connectivity index (χ1v) is 3.35. The molecule has 2 N–H and O–H groups in total. The summed E-state index contributed by atoms with van der Waals surface area (Å²) in [6.45, 7) is 1.81. The average molecular weight is 158 g/mol. The summed E-state index contributed by atoms with van der Waals surface area (Å²) in [7, 11) is 0. The monoisotopic (exact) mass is 158 g/mol. The van der Waals surface area contributed by atoms with Gasteiger partial charge in [-0.05, 0) is 6.92 Å². The molecule has 1 fully saturated rings. The predicted octanol–water partition coefficient (Wildman–Crippen LogP) is -0.688. The fraction of sp³-hybridized carbons (Fsp3) is 0.667. The molecule has 1 atom stereocenters. The zero-order chi connectivity index (χ0) is 8.43. The van der Waals surface area contributed by atoms with Gasteiger partial charge in [-0.25, -0.2) is 9.69 Å². The molecule has 0 aliphatic carbocycles. The molecule has 0 aromatic heterocycles. The van der Waals surface area contributed by atoms with Crippen molar-refractivity contribution in [1.29, 1.82) is 0 Å². The van der Waals surface area contributed by atoms with E-state index in [-0.39, 0.29) is 25.1 Å². The van der Waals surface area contributed by atoms with E-state index >= 15 is 0 Å². The van der Waals surface area contributed by atoms with Crippen molar-refractivity contribution in [2.45, 2.75) is 13.0 Å². The number of nitrogens with two attached hydrogens (primary N) is 1. The predicted molar refractivity (Wildman–Crippen MR) is 36.7 cm³/mol. The molecule has 2 amide bonds. The van der Waals surface area contributed by atoms with Gasteiger partial charge in [0, 0.05) is 6.54 Å². The van der Waals surface area contributed by atoms with Gasteiger partial charge in [0.25, 0.3) is 5.91 Å². The molecule has 1 aliphatic rings. The first-order valence-electron chi connectivity index (χ1n) is 3.35. The van der Waals surface area contributed by atoms with Gasteiger partial charge in [0.15, 0.2) is 6.61 Å². The second-order valence-corrected chi connectivity index (χ2v) is 2.40. The van der Waals surface area contributed by atoms with E-state index in [4.69, 9.17) is 5.73 Å². The van der Waals surface area contributed by atoms with E-state index < -0.39 is 6.09 Å². The van der Waals surface area contributed by atoms with Crippen LogP contribution in [0.1, 0.15) is 6.92 Å². The van der Waals surface area contributed by atoms with Gasteiger partial charge in [0.1, 0.15) is 0 Å². The zero-order valence-corrected chi connectivity index (χ0v) is 6.24. The van der Waals surface area contributed by atoms with E-state index in [1.165, 1.54) is 0 Å². The van der Waals surface area contributed by atoms with Crippen molar-refractivity contribution in [2.75, 3.05) is 13.2 Å². The Hall–Kier alpha value is -1.10. The van der Waals surface area contributed by atoms with Gasteiger partial charge < -0.3 is 10.5 Å². The maximum absolute atomic E-state index is 10.9. The number of rotatable bonds is 2. The smallest absolute Gasteiger partial charge is 0.417 e. The molecule has 0 bridgehead atoms. The van der Waals surface area contributed by atoms with Crippen LogP contribution in [0.4, 0.5) is 4.79 Å². The Bertz CT molecular complexity index is 176. The summed E-state index contributed by atoms with van der Waals surface area (Å²) < 4.78 is 4.48. The Morgan fingerprint density at radius 1 is 1.73 bits per heavy atom. The van der Waals surface area contributed by atoms with Gasteiger partial charge in [-0.2, -0.15) is 0 Å². The second kappa shape index (κ2) is 2.87. The van der Waals surface area contributed by atoms with Crippen LogP contribution in [0.15, 0.2) is 0 Å². The molecule has 0 saturated carbocycles. The molecule has 0 aromatic carbocycles. The second-order valence-electron chi connectivity index (χ2n) is 2.40. The topological polar surface area (TPSA) is 72.6 Å². The quantitative estimate of drug-likeness (QED) is 0.577. The SMILES string of the molecule is CC(CN)N1C(=O)COC1=O. The largest absolute Gasteiger partial charge is 0.439 e. The van der Waals surface area contributed by atoms with Crippen LogP contribution < -0.4 is 5.73 Å².